The van der Waals surface area contributed by atoms with Gasteiger partial charge in [-0.2, -0.15) is 10.2 Å². The van der Waals surface area contributed by atoms with Gasteiger partial charge >= 0.3 is 0 Å². The van der Waals surface area contributed by atoms with Gasteiger partial charge in [-0.3, -0.25) is 0 Å². The SMILES string of the molecule is O=C=C1C=NN=C1. The molecule has 0 amide bonds. The maximum Gasteiger partial charge on any atom is 0.135 e. The minimum absolute atomic E-state index is 0.403. The van der Waals surface area contributed by atoms with Crippen LogP contribution in [0.3, 0.4) is 0 Å². The zero-order valence-corrected chi connectivity index (χ0v) is 3.46. The summed E-state index contributed by atoms with van der Waals surface area (Å²) in [6, 6.07) is 0. The van der Waals surface area contributed by atoms with E-state index in [1.54, 1.807) is 5.94 Å². The number of nitrogens with zero attached hydrogens (tertiary/aromatic N) is 2. The minimum atomic E-state index is 0.403. The second-order valence-electron chi connectivity index (χ2n) is 1.05. The average Bonchev–Trinajstić information content (AvgIpc) is 2.14. The van der Waals surface area contributed by atoms with Crippen molar-refractivity contribution < 1.29 is 4.79 Å². The first-order chi connectivity index (χ1) is 3.43. The van der Waals surface area contributed by atoms with Crippen molar-refractivity contribution in [2.45, 2.75) is 0 Å². The summed E-state index contributed by atoms with van der Waals surface area (Å²) in [6.45, 7) is 0. The monoisotopic (exact) mass is 94.0 g/mol. The lowest BCUT2D eigenvalue weighted by Crippen LogP contribution is -1.77. The van der Waals surface area contributed by atoms with Crippen LogP contribution in [0.5, 0.6) is 0 Å². The average molecular weight is 94.1 g/mol. The predicted molar refractivity (Wildman–Crippen MR) is 26.2 cm³/mol. The van der Waals surface area contributed by atoms with Gasteiger partial charge < -0.3 is 0 Å². The third-order valence-corrected chi connectivity index (χ3v) is 0.578. The van der Waals surface area contributed by atoms with Crippen molar-refractivity contribution >= 4 is 18.4 Å². The number of allylic oxidation sites excluding steroid dienone is 1. The highest BCUT2D eigenvalue weighted by Gasteiger charge is 1.90. The predicted octanol–water partition coefficient (Wildman–Crippen LogP) is -0.185. The fourth-order valence-electron chi connectivity index (χ4n) is 0.277. The Bertz CT molecular complexity index is 160. The van der Waals surface area contributed by atoms with Crippen LogP contribution >= 0.6 is 0 Å². The first kappa shape index (κ1) is 3.96. The molecule has 7 heavy (non-hydrogen) atoms. The van der Waals surface area contributed by atoms with Crippen LogP contribution in [0.4, 0.5) is 0 Å². The molecular formula is C4H2N2O. The van der Waals surface area contributed by atoms with E-state index in [1.165, 1.54) is 12.4 Å². The minimum Gasteiger partial charge on any atom is -0.233 e. The molecule has 0 N–H and O–H groups in total. The highest BCUT2D eigenvalue weighted by Crippen LogP contribution is 1.86. The van der Waals surface area contributed by atoms with Crippen molar-refractivity contribution in [1.82, 2.24) is 0 Å². The second kappa shape index (κ2) is 1.49. The number of hydrogen-bond acceptors (Lipinski definition) is 3. The Balaban J connectivity index is 3.00. The van der Waals surface area contributed by atoms with Crippen LogP contribution in [0.15, 0.2) is 15.8 Å². The first-order valence-electron chi connectivity index (χ1n) is 1.75. The third-order valence-electron chi connectivity index (χ3n) is 0.578. The van der Waals surface area contributed by atoms with E-state index in [0.717, 1.165) is 0 Å². The molecule has 34 valence electrons. The molecule has 0 saturated heterocycles. The second-order valence-corrected chi connectivity index (χ2v) is 1.05. The zero-order chi connectivity index (χ0) is 5.11. The summed E-state index contributed by atoms with van der Waals surface area (Å²) in [4.78, 5) is 9.66. The van der Waals surface area contributed by atoms with Crippen LogP contribution in [0.1, 0.15) is 0 Å². The molecule has 0 aromatic rings. The van der Waals surface area contributed by atoms with Crippen molar-refractivity contribution in [3.05, 3.63) is 5.57 Å². The van der Waals surface area contributed by atoms with Crippen LogP contribution < -0.4 is 0 Å². The topological polar surface area (TPSA) is 41.8 Å². The summed E-state index contributed by atoms with van der Waals surface area (Å²) in [5.74, 6) is 1.63. The molecular weight excluding hydrogens is 92.1 g/mol. The van der Waals surface area contributed by atoms with Crippen LogP contribution in [0, 0.1) is 0 Å². The summed E-state index contributed by atoms with van der Waals surface area (Å²) in [7, 11) is 0. The molecule has 1 heterocycles. The Kier molecular flexibility index (Phi) is 0.845. The van der Waals surface area contributed by atoms with Crippen molar-refractivity contribution in [3.63, 3.8) is 0 Å². The summed E-state index contributed by atoms with van der Waals surface area (Å²) in [6.07, 6.45) is 2.71. The molecule has 0 saturated carbocycles. The molecule has 1 aliphatic rings. The Morgan fingerprint density at radius 2 is 2.00 bits per heavy atom. The van der Waals surface area contributed by atoms with E-state index in [1.807, 2.05) is 0 Å². The fraction of sp³-hybridized carbons (Fsp3) is 0. The van der Waals surface area contributed by atoms with Crippen LogP contribution in [-0.4, -0.2) is 18.4 Å². The number of rotatable bonds is 0. The fourth-order valence-corrected chi connectivity index (χ4v) is 0.277. The number of carbonyl (C=O) groups excluding carboxylic acids is 1. The van der Waals surface area contributed by atoms with Gasteiger partial charge in [0.05, 0.1) is 18.0 Å². The third kappa shape index (κ3) is 0.614. The van der Waals surface area contributed by atoms with E-state index >= 15 is 0 Å². The van der Waals surface area contributed by atoms with Gasteiger partial charge in [0, 0.05) is 0 Å². The summed E-state index contributed by atoms with van der Waals surface area (Å²) >= 11 is 0. The molecule has 0 aromatic carbocycles. The van der Waals surface area contributed by atoms with E-state index in [0.29, 0.717) is 5.57 Å². The van der Waals surface area contributed by atoms with Crippen molar-refractivity contribution in [2.24, 2.45) is 10.2 Å². The highest BCUT2D eigenvalue weighted by molar-refractivity contribution is 6.13. The van der Waals surface area contributed by atoms with Gasteiger partial charge in [-0.15, -0.1) is 0 Å². The van der Waals surface area contributed by atoms with E-state index in [-0.39, 0.29) is 0 Å². The highest BCUT2D eigenvalue weighted by atomic mass is 16.1. The maximum atomic E-state index is 9.66. The maximum absolute atomic E-state index is 9.66. The smallest absolute Gasteiger partial charge is 0.135 e. The van der Waals surface area contributed by atoms with E-state index in [4.69, 9.17) is 0 Å². The molecule has 3 nitrogen and oxygen atoms in total. The van der Waals surface area contributed by atoms with Gasteiger partial charge in [0.2, 0.25) is 0 Å². The van der Waals surface area contributed by atoms with Crippen molar-refractivity contribution in [2.75, 3.05) is 0 Å². The Labute approximate surface area is 40.1 Å². The standard InChI is InChI=1S/C4H2N2O/c7-3-4-1-5-6-2-4/h1-2H. The van der Waals surface area contributed by atoms with E-state index in [2.05, 4.69) is 10.2 Å². The Hall–Kier alpha value is -1.21. The van der Waals surface area contributed by atoms with Crippen molar-refractivity contribution in [1.29, 1.82) is 0 Å². The molecule has 0 unspecified atom stereocenters. The lowest BCUT2D eigenvalue weighted by atomic mass is 10.4. The van der Waals surface area contributed by atoms with Crippen LogP contribution in [0.25, 0.3) is 0 Å². The largest absolute Gasteiger partial charge is 0.233 e. The molecule has 1 rings (SSSR count). The molecule has 0 spiro atoms. The zero-order valence-electron chi connectivity index (χ0n) is 3.46. The van der Waals surface area contributed by atoms with Crippen LogP contribution in [0.2, 0.25) is 0 Å². The molecule has 0 bridgehead atoms. The normalized spacial score (nSPS) is 15.1. The lowest BCUT2D eigenvalue weighted by molar-refractivity contribution is 0.569. The van der Waals surface area contributed by atoms with Gasteiger partial charge in [0.15, 0.2) is 0 Å². The van der Waals surface area contributed by atoms with Gasteiger partial charge in [0.1, 0.15) is 5.94 Å². The molecule has 0 aromatic heterocycles. The van der Waals surface area contributed by atoms with Gasteiger partial charge in [-0.25, -0.2) is 4.79 Å². The van der Waals surface area contributed by atoms with Gasteiger partial charge in [-0.1, -0.05) is 0 Å². The number of hydrogen-bond donors (Lipinski definition) is 0. The van der Waals surface area contributed by atoms with Crippen molar-refractivity contribution in [3.8, 4) is 0 Å². The van der Waals surface area contributed by atoms with E-state index < -0.39 is 0 Å². The first-order valence-corrected chi connectivity index (χ1v) is 1.75. The van der Waals surface area contributed by atoms with Gasteiger partial charge in [0.25, 0.3) is 0 Å². The van der Waals surface area contributed by atoms with Gasteiger partial charge in [-0.05, 0) is 0 Å². The molecule has 0 aliphatic carbocycles. The summed E-state index contributed by atoms with van der Waals surface area (Å²) in [5, 5.41) is 6.76. The molecule has 1 aliphatic heterocycles. The molecule has 3 heteroatoms. The molecule has 0 radical (unpaired) electrons. The van der Waals surface area contributed by atoms with Crippen LogP contribution in [-0.2, 0) is 4.79 Å². The summed E-state index contributed by atoms with van der Waals surface area (Å²) < 4.78 is 0. The Morgan fingerprint density at radius 3 is 2.29 bits per heavy atom. The quantitative estimate of drug-likeness (QED) is 0.384. The summed E-state index contributed by atoms with van der Waals surface area (Å²) in [5.41, 5.74) is 0.403. The molecule has 0 atom stereocenters. The molecule has 0 fully saturated rings. The lowest BCUT2D eigenvalue weighted by Gasteiger charge is -1.61. The van der Waals surface area contributed by atoms with E-state index in [9.17, 15) is 4.79 Å². The Morgan fingerprint density at radius 1 is 1.43 bits per heavy atom.